The van der Waals surface area contributed by atoms with Crippen LogP contribution in [0.5, 0.6) is 0 Å². The Labute approximate surface area is 111 Å². The van der Waals surface area contributed by atoms with Crippen LogP contribution < -0.4 is 5.32 Å². The molecule has 2 nitrogen and oxygen atoms in total. The molecule has 0 fully saturated rings. The van der Waals surface area contributed by atoms with Gasteiger partial charge in [-0.05, 0) is 76.5 Å². The number of benzene rings is 1. The highest BCUT2D eigenvalue weighted by Crippen LogP contribution is 2.29. The van der Waals surface area contributed by atoms with Gasteiger partial charge in [-0.15, -0.1) is 0 Å². The zero-order valence-electron chi connectivity index (χ0n) is 12.0. The second-order valence-electron chi connectivity index (χ2n) is 5.61. The number of nitrogens with zero attached hydrogens (tertiary/aromatic N) is 1. The number of nitrogens with one attached hydrogen (secondary N) is 1. The normalized spacial score (nSPS) is 16.0. The van der Waals surface area contributed by atoms with E-state index in [2.05, 4.69) is 42.5 Å². The van der Waals surface area contributed by atoms with Crippen LogP contribution >= 0.6 is 0 Å². The predicted octanol–water partition coefficient (Wildman–Crippen LogP) is 2.78. The van der Waals surface area contributed by atoms with E-state index in [-0.39, 0.29) is 0 Å². The fourth-order valence-corrected chi connectivity index (χ4v) is 2.99. The Kier molecular flexibility index (Phi) is 4.79. The molecule has 1 aliphatic carbocycles. The summed E-state index contributed by atoms with van der Waals surface area (Å²) in [5, 5.41) is 3.24. The molecule has 2 heteroatoms. The lowest BCUT2D eigenvalue weighted by atomic mass is 9.97. The molecule has 1 N–H and O–H groups in total. The summed E-state index contributed by atoms with van der Waals surface area (Å²) in [6.45, 7) is 1.11. The third-order valence-corrected chi connectivity index (χ3v) is 4.04. The van der Waals surface area contributed by atoms with Crippen LogP contribution in [-0.2, 0) is 12.8 Å². The van der Waals surface area contributed by atoms with Gasteiger partial charge in [0.15, 0.2) is 0 Å². The highest BCUT2D eigenvalue weighted by Gasteiger charge is 2.17. The molecule has 0 spiro atoms. The van der Waals surface area contributed by atoms with E-state index in [1.165, 1.54) is 37.7 Å². The summed E-state index contributed by atoms with van der Waals surface area (Å²) in [6, 6.07) is 7.71. The molecule has 0 aliphatic heterocycles. The molecule has 0 saturated carbocycles. The Balaban J connectivity index is 2.10. The first kappa shape index (κ1) is 13.6. The molecule has 1 aromatic rings. The van der Waals surface area contributed by atoms with Crippen LogP contribution in [0.25, 0.3) is 0 Å². The van der Waals surface area contributed by atoms with E-state index < -0.39 is 0 Å². The van der Waals surface area contributed by atoms with Crippen LogP contribution in [0.1, 0.15) is 42.0 Å². The van der Waals surface area contributed by atoms with Gasteiger partial charge in [-0.2, -0.15) is 0 Å². The topological polar surface area (TPSA) is 15.3 Å². The maximum Gasteiger partial charge on any atom is 0.0342 e. The average Bonchev–Trinajstić information content (AvgIpc) is 2.81. The fraction of sp³-hybridized carbons (Fsp3) is 0.625. The lowest BCUT2D eigenvalue weighted by Crippen LogP contribution is -2.21. The summed E-state index contributed by atoms with van der Waals surface area (Å²) >= 11 is 0. The van der Waals surface area contributed by atoms with Crippen LogP contribution in [0.15, 0.2) is 18.2 Å². The first-order chi connectivity index (χ1) is 8.72. The minimum atomic E-state index is 0.559. The summed E-state index contributed by atoms with van der Waals surface area (Å²) < 4.78 is 0. The van der Waals surface area contributed by atoms with Crippen LogP contribution in [-0.4, -0.2) is 32.6 Å². The number of hydrogen-bond donors (Lipinski definition) is 1. The number of hydrogen-bond acceptors (Lipinski definition) is 2. The van der Waals surface area contributed by atoms with E-state index in [9.17, 15) is 0 Å². The Morgan fingerprint density at radius 3 is 2.72 bits per heavy atom. The SMILES string of the molecule is CNCCCC(c1ccc2c(c1)CCC2)N(C)C. The molecule has 0 saturated heterocycles. The smallest absolute Gasteiger partial charge is 0.0342 e. The maximum absolute atomic E-state index is 3.24. The van der Waals surface area contributed by atoms with E-state index in [0.29, 0.717) is 6.04 Å². The first-order valence-corrected chi connectivity index (χ1v) is 7.15. The van der Waals surface area contributed by atoms with Crippen LogP contribution in [0.4, 0.5) is 0 Å². The molecule has 1 aromatic carbocycles. The fourth-order valence-electron chi connectivity index (χ4n) is 2.99. The molecule has 2 rings (SSSR count). The van der Waals surface area contributed by atoms with Crippen LogP contribution in [0.3, 0.4) is 0 Å². The van der Waals surface area contributed by atoms with Gasteiger partial charge in [0.1, 0.15) is 0 Å². The molecule has 0 bridgehead atoms. The van der Waals surface area contributed by atoms with E-state index in [1.54, 1.807) is 11.1 Å². The molecule has 1 aliphatic rings. The first-order valence-electron chi connectivity index (χ1n) is 7.15. The van der Waals surface area contributed by atoms with Crippen molar-refractivity contribution in [3.8, 4) is 0 Å². The Hall–Kier alpha value is -0.860. The van der Waals surface area contributed by atoms with Gasteiger partial charge in [0.25, 0.3) is 0 Å². The predicted molar refractivity (Wildman–Crippen MR) is 78.1 cm³/mol. The largest absolute Gasteiger partial charge is 0.320 e. The Morgan fingerprint density at radius 1 is 1.22 bits per heavy atom. The minimum Gasteiger partial charge on any atom is -0.320 e. The van der Waals surface area contributed by atoms with Crippen molar-refractivity contribution in [3.05, 3.63) is 34.9 Å². The highest BCUT2D eigenvalue weighted by molar-refractivity contribution is 5.36. The van der Waals surface area contributed by atoms with Gasteiger partial charge >= 0.3 is 0 Å². The Morgan fingerprint density at radius 2 is 2.00 bits per heavy atom. The molecule has 0 heterocycles. The molecule has 0 radical (unpaired) electrons. The third kappa shape index (κ3) is 3.12. The highest BCUT2D eigenvalue weighted by atomic mass is 15.1. The molecule has 18 heavy (non-hydrogen) atoms. The van der Waals surface area contributed by atoms with Crippen molar-refractivity contribution >= 4 is 0 Å². The van der Waals surface area contributed by atoms with Crippen LogP contribution in [0, 0.1) is 0 Å². The van der Waals surface area contributed by atoms with Crippen molar-refractivity contribution < 1.29 is 0 Å². The van der Waals surface area contributed by atoms with Crippen LogP contribution in [0.2, 0.25) is 0 Å². The lowest BCUT2D eigenvalue weighted by Gasteiger charge is -2.25. The molecule has 0 aromatic heterocycles. The molecular formula is C16H26N2. The second-order valence-corrected chi connectivity index (χ2v) is 5.61. The van der Waals surface area contributed by atoms with E-state index in [1.807, 2.05) is 7.05 Å². The van der Waals surface area contributed by atoms with Gasteiger partial charge in [0.05, 0.1) is 0 Å². The average molecular weight is 246 g/mol. The molecular weight excluding hydrogens is 220 g/mol. The summed E-state index contributed by atoms with van der Waals surface area (Å²) in [5.41, 5.74) is 4.66. The zero-order valence-corrected chi connectivity index (χ0v) is 12.0. The summed E-state index contributed by atoms with van der Waals surface area (Å²) in [7, 11) is 6.41. The third-order valence-electron chi connectivity index (χ3n) is 4.04. The van der Waals surface area contributed by atoms with Crippen molar-refractivity contribution in [1.29, 1.82) is 0 Å². The summed E-state index contributed by atoms with van der Waals surface area (Å²) in [5.74, 6) is 0. The second kappa shape index (κ2) is 6.35. The number of fused-ring (bicyclic) bond motifs is 1. The quantitative estimate of drug-likeness (QED) is 0.777. The van der Waals surface area contributed by atoms with E-state index in [4.69, 9.17) is 0 Å². The van der Waals surface area contributed by atoms with Gasteiger partial charge in [-0.1, -0.05) is 18.2 Å². The molecule has 0 amide bonds. The summed E-state index contributed by atoms with van der Waals surface area (Å²) in [6.07, 6.45) is 6.36. The molecule has 100 valence electrons. The monoisotopic (exact) mass is 246 g/mol. The zero-order chi connectivity index (χ0) is 13.0. The van der Waals surface area contributed by atoms with E-state index >= 15 is 0 Å². The van der Waals surface area contributed by atoms with Crippen molar-refractivity contribution in [3.63, 3.8) is 0 Å². The van der Waals surface area contributed by atoms with Crippen molar-refractivity contribution in [1.82, 2.24) is 10.2 Å². The Bertz CT molecular complexity index is 385. The van der Waals surface area contributed by atoms with Gasteiger partial charge in [0, 0.05) is 6.04 Å². The number of rotatable bonds is 6. The lowest BCUT2D eigenvalue weighted by molar-refractivity contribution is 0.279. The molecule has 1 unspecified atom stereocenters. The van der Waals surface area contributed by atoms with Crippen molar-refractivity contribution in [2.45, 2.75) is 38.1 Å². The standard InChI is InChI=1S/C16H26N2/c1-17-11-5-8-16(18(2)3)15-10-9-13-6-4-7-14(13)12-15/h9-10,12,16-17H,4-8,11H2,1-3H3. The van der Waals surface area contributed by atoms with Gasteiger partial charge in [-0.25, -0.2) is 0 Å². The van der Waals surface area contributed by atoms with Crippen molar-refractivity contribution in [2.24, 2.45) is 0 Å². The summed E-state index contributed by atoms with van der Waals surface area (Å²) in [4.78, 5) is 2.35. The maximum atomic E-state index is 3.24. The molecule has 1 atom stereocenters. The number of aryl methyl sites for hydroxylation is 2. The van der Waals surface area contributed by atoms with Gasteiger partial charge in [0.2, 0.25) is 0 Å². The van der Waals surface area contributed by atoms with E-state index in [0.717, 1.165) is 6.54 Å². The van der Waals surface area contributed by atoms with Gasteiger partial charge < -0.3 is 10.2 Å². The van der Waals surface area contributed by atoms with Gasteiger partial charge in [-0.3, -0.25) is 0 Å². The minimum absolute atomic E-state index is 0.559. The van der Waals surface area contributed by atoms with Crippen molar-refractivity contribution in [2.75, 3.05) is 27.7 Å².